The molecule has 8 nitrogen and oxygen atoms in total. The normalized spacial score (nSPS) is 9.44. The molecule has 0 unspecified atom stereocenters. The first-order valence-electron chi connectivity index (χ1n) is 4.39. The van der Waals surface area contributed by atoms with Gasteiger partial charge < -0.3 is 20.2 Å². The van der Waals surface area contributed by atoms with E-state index in [9.17, 15) is 4.79 Å². The van der Waals surface area contributed by atoms with E-state index in [0.717, 1.165) is 0 Å². The second-order valence-electron chi connectivity index (χ2n) is 2.68. The van der Waals surface area contributed by atoms with Crippen molar-refractivity contribution >= 4 is 17.6 Å². The molecule has 88 valence electrons. The van der Waals surface area contributed by atoms with Crippen molar-refractivity contribution in [2.45, 2.75) is 0 Å². The van der Waals surface area contributed by atoms with Crippen molar-refractivity contribution in [1.82, 2.24) is 9.97 Å². The van der Waals surface area contributed by atoms with Gasteiger partial charge in [-0.1, -0.05) is 0 Å². The quantitative estimate of drug-likeness (QED) is 0.346. The summed E-state index contributed by atoms with van der Waals surface area (Å²) in [5.41, 5.74) is 2.36. The molecule has 0 aliphatic rings. The fourth-order valence-corrected chi connectivity index (χ4v) is 1.02. The van der Waals surface area contributed by atoms with Crippen molar-refractivity contribution in [3.05, 3.63) is 6.33 Å². The monoisotopic (exact) mass is 227 g/mol. The maximum Gasteiger partial charge on any atom is 0.325 e. The Bertz CT molecular complexity index is 371. The predicted molar refractivity (Wildman–Crippen MR) is 56.9 cm³/mol. The molecule has 1 aromatic rings. The molecule has 0 saturated heterocycles. The molecule has 0 saturated carbocycles. The summed E-state index contributed by atoms with van der Waals surface area (Å²) in [5, 5.41) is 2.74. The molecule has 0 aromatic carbocycles. The Morgan fingerprint density at radius 1 is 1.44 bits per heavy atom. The number of esters is 1. The summed E-state index contributed by atoms with van der Waals surface area (Å²) in [5.74, 6) is 5.83. The highest BCUT2D eigenvalue weighted by molar-refractivity contribution is 5.76. The summed E-state index contributed by atoms with van der Waals surface area (Å²) in [4.78, 5) is 18.7. The lowest BCUT2D eigenvalue weighted by molar-refractivity contribution is -0.138. The van der Waals surface area contributed by atoms with Gasteiger partial charge in [0.25, 0.3) is 0 Å². The van der Waals surface area contributed by atoms with E-state index in [2.05, 4.69) is 25.4 Å². The van der Waals surface area contributed by atoms with Crippen LogP contribution in [0.1, 0.15) is 0 Å². The van der Waals surface area contributed by atoms with Crippen molar-refractivity contribution in [1.29, 1.82) is 0 Å². The second kappa shape index (κ2) is 5.71. The van der Waals surface area contributed by atoms with Crippen LogP contribution in [0.3, 0.4) is 0 Å². The summed E-state index contributed by atoms with van der Waals surface area (Å²) in [6, 6.07) is 0. The van der Waals surface area contributed by atoms with Gasteiger partial charge in [0.1, 0.15) is 12.9 Å². The van der Waals surface area contributed by atoms with Crippen molar-refractivity contribution in [2.24, 2.45) is 5.84 Å². The molecule has 4 N–H and O–H groups in total. The van der Waals surface area contributed by atoms with Gasteiger partial charge in [0.15, 0.2) is 11.6 Å². The van der Waals surface area contributed by atoms with Crippen LogP contribution in [0.2, 0.25) is 0 Å². The Balaban J connectivity index is 2.82. The number of methoxy groups -OCH3 is 2. The van der Waals surface area contributed by atoms with Gasteiger partial charge in [0.2, 0.25) is 5.75 Å². The average Bonchev–Trinajstić information content (AvgIpc) is 2.34. The third-order valence-electron chi connectivity index (χ3n) is 1.77. The molecule has 0 atom stereocenters. The maximum absolute atomic E-state index is 10.9. The van der Waals surface area contributed by atoms with E-state index in [1.807, 2.05) is 0 Å². The molecule has 0 radical (unpaired) electrons. The molecule has 0 spiro atoms. The topological polar surface area (TPSA) is 111 Å². The standard InChI is InChI=1S/C8H13N5O3/c1-15-5(14)3-10-7-6(16-2)8(13-9)12-4-11-7/h4H,3,9H2,1-2H3,(H2,10,11,12,13). The highest BCUT2D eigenvalue weighted by atomic mass is 16.5. The number of nitrogens with one attached hydrogen (secondary N) is 2. The number of carbonyl (C=O) groups is 1. The van der Waals surface area contributed by atoms with Gasteiger partial charge in [0.05, 0.1) is 14.2 Å². The zero-order chi connectivity index (χ0) is 12.0. The highest BCUT2D eigenvalue weighted by Gasteiger charge is 2.11. The lowest BCUT2D eigenvalue weighted by Crippen LogP contribution is -2.17. The third kappa shape index (κ3) is 2.70. The van der Waals surface area contributed by atoms with Gasteiger partial charge in [-0.2, -0.15) is 0 Å². The Kier molecular flexibility index (Phi) is 4.28. The molecule has 0 aliphatic heterocycles. The van der Waals surface area contributed by atoms with Crippen LogP contribution in [0.4, 0.5) is 11.6 Å². The lowest BCUT2D eigenvalue weighted by Gasteiger charge is -2.11. The van der Waals surface area contributed by atoms with Gasteiger partial charge in [-0.3, -0.25) is 4.79 Å². The molecule has 1 aromatic heterocycles. The zero-order valence-electron chi connectivity index (χ0n) is 8.98. The van der Waals surface area contributed by atoms with Crippen LogP contribution >= 0.6 is 0 Å². The smallest absolute Gasteiger partial charge is 0.325 e. The number of anilines is 2. The number of hydrogen-bond donors (Lipinski definition) is 3. The fourth-order valence-electron chi connectivity index (χ4n) is 1.02. The zero-order valence-corrected chi connectivity index (χ0v) is 8.98. The molecule has 0 bridgehead atoms. The second-order valence-corrected chi connectivity index (χ2v) is 2.68. The number of aromatic nitrogens is 2. The largest absolute Gasteiger partial charge is 0.490 e. The molecule has 1 rings (SSSR count). The molecule has 0 fully saturated rings. The van der Waals surface area contributed by atoms with E-state index in [-0.39, 0.29) is 6.54 Å². The van der Waals surface area contributed by atoms with Crippen molar-refractivity contribution in [3.8, 4) is 5.75 Å². The summed E-state index contributed by atoms with van der Waals surface area (Å²) >= 11 is 0. The number of carbonyl (C=O) groups excluding carboxylic acids is 1. The van der Waals surface area contributed by atoms with E-state index in [4.69, 9.17) is 10.6 Å². The first-order chi connectivity index (χ1) is 7.72. The van der Waals surface area contributed by atoms with Gasteiger partial charge in [-0.15, -0.1) is 0 Å². The number of ether oxygens (including phenoxy) is 2. The predicted octanol–water partition coefficient (Wildman–Crippen LogP) is -0.644. The first kappa shape index (κ1) is 12.0. The number of hydrazine groups is 1. The van der Waals surface area contributed by atoms with Gasteiger partial charge in [0, 0.05) is 0 Å². The van der Waals surface area contributed by atoms with Crippen LogP contribution in [0.15, 0.2) is 6.33 Å². The minimum Gasteiger partial charge on any atom is -0.490 e. The average molecular weight is 227 g/mol. The third-order valence-corrected chi connectivity index (χ3v) is 1.77. The van der Waals surface area contributed by atoms with E-state index < -0.39 is 5.97 Å². The summed E-state index contributed by atoms with van der Waals surface area (Å²) in [6.07, 6.45) is 1.29. The van der Waals surface area contributed by atoms with Crippen molar-refractivity contribution in [2.75, 3.05) is 31.5 Å². The molecule has 8 heteroatoms. The number of nitrogens with two attached hydrogens (primary N) is 1. The Hall–Kier alpha value is -2.09. The number of nitrogen functional groups attached to an aromatic ring is 1. The van der Waals surface area contributed by atoms with E-state index in [0.29, 0.717) is 17.4 Å². The van der Waals surface area contributed by atoms with E-state index >= 15 is 0 Å². The lowest BCUT2D eigenvalue weighted by atomic mass is 10.4. The van der Waals surface area contributed by atoms with Crippen molar-refractivity contribution < 1.29 is 14.3 Å². The van der Waals surface area contributed by atoms with Crippen LogP contribution in [-0.2, 0) is 9.53 Å². The molecular formula is C8H13N5O3. The Labute approximate surface area is 92.1 Å². The summed E-state index contributed by atoms with van der Waals surface area (Å²) < 4.78 is 9.53. The minimum absolute atomic E-state index is 0.0200. The van der Waals surface area contributed by atoms with Gasteiger partial charge >= 0.3 is 5.97 Å². The van der Waals surface area contributed by atoms with Crippen LogP contribution in [-0.4, -0.2) is 36.7 Å². The first-order valence-corrected chi connectivity index (χ1v) is 4.39. The fraction of sp³-hybridized carbons (Fsp3) is 0.375. The van der Waals surface area contributed by atoms with Crippen LogP contribution in [0, 0.1) is 0 Å². The molecule has 0 amide bonds. The summed E-state index contributed by atoms with van der Waals surface area (Å²) in [6.45, 7) is -0.0200. The van der Waals surface area contributed by atoms with Gasteiger partial charge in [-0.25, -0.2) is 15.8 Å². The van der Waals surface area contributed by atoms with Crippen LogP contribution in [0.25, 0.3) is 0 Å². The highest BCUT2D eigenvalue weighted by Crippen LogP contribution is 2.27. The number of rotatable bonds is 5. The minimum atomic E-state index is -0.414. The van der Waals surface area contributed by atoms with Crippen LogP contribution < -0.4 is 21.3 Å². The molecule has 1 heterocycles. The SMILES string of the molecule is COC(=O)CNc1ncnc(NN)c1OC. The molecule has 0 aliphatic carbocycles. The van der Waals surface area contributed by atoms with Crippen molar-refractivity contribution in [3.63, 3.8) is 0 Å². The Morgan fingerprint density at radius 3 is 2.69 bits per heavy atom. The van der Waals surface area contributed by atoms with Gasteiger partial charge in [-0.05, 0) is 0 Å². The Morgan fingerprint density at radius 2 is 2.12 bits per heavy atom. The van der Waals surface area contributed by atoms with E-state index in [1.54, 1.807) is 0 Å². The molecular weight excluding hydrogens is 214 g/mol. The van der Waals surface area contributed by atoms with E-state index in [1.165, 1.54) is 20.5 Å². The van der Waals surface area contributed by atoms with Crippen LogP contribution in [0.5, 0.6) is 5.75 Å². The number of hydrogen-bond acceptors (Lipinski definition) is 8. The number of nitrogens with zero attached hydrogens (tertiary/aromatic N) is 2. The molecule has 16 heavy (non-hydrogen) atoms. The summed E-state index contributed by atoms with van der Waals surface area (Å²) in [7, 11) is 2.75. The maximum atomic E-state index is 10.9.